The summed E-state index contributed by atoms with van der Waals surface area (Å²) < 4.78 is 24.4. The number of primary amides is 1. The molecule has 1 amide bonds. The van der Waals surface area contributed by atoms with E-state index in [0.717, 1.165) is 6.07 Å². The van der Waals surface area contributed by atoms with Crippen molar-refractivity contribution in [2.75, 3.05) is 0 Å². The zero-order valence-electron chi connectivity index (χ0n) is 11.7. The number of halogens is 1. The lowest BCUT2D eigenvalue weighted by Crippen LogP contribution is -2.30. The Bertz CT molecular complexity index is 723. The lowest BCUT2D eigenvalue weighted by Gasteiger charge is -2.12. The number of carbonyl (C=O) groups is 1. The van der Waals surface area contributed by atoms with Crippen LogP contribution in [0.2, 0.25) is 0 Å². The van der Waals surface area contributed by atoms with E-state index in [1.807, 2.05) is 6.07 Å². The van der Waals surface area contributed by atoms with Crippen molar-refractivity contribution in [3.8, 4) is 23.3 Å². The number of amides is 1. The molecule has 5 nitrogen and oxygen atoms in total. The first-order valence-electron chi connectivity index (χ1n) is 6.43. The van der Waals surface area contributed by atoms with Crippen LogP contribution in [0.25, 0.3) is 0 Å². The number of hydrogen-bond acceptors (Lipinski definition) is 4. The van der Waals surface area contributed by atoms with E-state index >= 15 is 0 Å². The minimum absolute atomic E-state index is 0.0122. The SMILES string of the molecule is CC(Oc1ccc(Oc2ccc(C#N)cc2F)cc1)C(N)=O. The number of ether oxygens (including phenoxy) is 2. The van der Waals surface area contributed by atoms with Crippen molar-refractivity contribution >= 4 is 5.91 Å². The summed E-state index contributed by atoms with van der Waals surface area (Å²) >= 11 is 0. The molecule has 0 aliphatic carbocycles. The average Bonchev–Trinajstić information content (AvgIpc) is 2.51. The first-order chi connectivity index (χ1) is 10.5. The molecule has 2 aromatic carbocycles. The molecule has 2 aromatic rings. The molecule has 0 aliphatic rings. The van der Waals surface area contributed by atoms with Gasteiger partial charge in [-0.15, -0.1) is 0 Å². The number of carbonyl (C=O) groups excluding carboxylic acids is 1. The molecule has 22 heavy (non-hydrogen) atoms. The van der Waals surface area contributed by atoms with Crippen LogP contribution in [0.1, 0.15) is 12.5 Å². The van der Waals surface area contributed by atoms with Gasteiger partial charge < -0.3 is 15.2 Å². The van der Waals surface area contributed by atoms with Crippen molar-refractivity contribution in [3.63, 3.8) is 0 Å². The summed E-state index contributed by atoms with van der Waals surface area (Å²) in [6, 6.07) is 12.1. The summed E-state index contributed by atoms with van der Waals surface area (Å²) in [6.07, 6.45) is -0.747. The number of benzene rings is 2. The van der Waals surface area contributed by atoms with Gasteiger partial charge in [0.05, 0.1) is 11.6 Å². The Morgan fingerprint density at radius 2 is 1.86 bits per heavy atom. The average molecular weight is 300 g/mol. The first kappa shape index (κ1) is 15.3. The van der Waals surface area contributed by atoms with Gasteiger partial charge in [-0.25, -0.2) is 4.39 Å². The van der Waals surface area contributed by atoms with Crippen LogP contribution in [0.5, 0.6) is 17.2 Å². The smallest absolute Gasteiger partial charge is 0.258 e. The molecule has 0 saturated heterocycles. The minimum atomic E-state index is -0.747. The van der Waals surface area contributed by atoms with E-state index in [1.54, 1.807) is 31.2 Å². The summed E-state index contributed by atoms with van der Waals surface area (Å²) in [6.45, 7) is 1.54. The molecule has 2 rings (SSSR count). The third kappa shape index (κ3) is 3.73. The van der Waals surface area contributed by atoms with Crippen molar-refractivity contribution in [2.24, 2.45) is 5.73 Å². The van der Waals surface area contributed by atoms with Crippen LogP contribution in [0, 0.1) is 17.1 Å². The Labute approximate surface area is 126 Å². The number of rotatable bonds is 5. The van der Waals surface area contributed by atoms with Crippen LogP contribution in [-0.4, -0.2) is 12.0 Å². The summed E-state index contributed by atoms with van der Waals surface area (Å²) in [5.74, 6) is -0.346. The van der Waals surface area contributed by atoms with E-state index < -0.39 is 17.8 Å². The molecule has 0 fully saturated rings. The summed E-state index contributed by atoms with van der Waals surface area (Å²) in [4.78, 5) is 10.9. The van der Waals surface area contributed by atoms with Crippen LogP contribution >= 0.6 is 0 Å². The predicted octanol–water partition coefficient (Wildman–Crippen LogP) is 2.74. The van der Waals surface area contributed by atoms with Gasteiger partial charge in [0.1, 0.15) is 11.5 Å². The van der Waals surface area contributed by atoms with Gasteiger partial charge in [-0.1, -0.05) is 0 Å². The van der Waals surface area contributed by atoms with Crippen molar-refractivity contribution in [1.29, 1.82) is 5.26 Å². The van der Waals surface area contributed by atoms with Gasteiger partial charge in [-0.3, -0.25) is 4.79 Å². The Kier molecular flexibility index (Phi) is 4.59. The van der Waals surface area contributed by atoms with E-state index in [-0.39, 0.29) is 11.3 Å². The molecule has 0 heterocycles. The van der Waals surface area contributed by atoms with Crippen LogP contribution in [0.15, 0.2) is 42.5 Å². The third-order valence-electron chi connectivity index (χ3n) is 2.83. The molecule has 0 spiro atoms. The third-order valence-corrected chi connectivity index (χ3v) is 2.83. The van der Waals surface area contributed by atoms with E-state index in [1.165, 1.54) is 12.1 Å². The van der Waals surface area contributed by atoms with Gasteiger partial charge in [-0.2, -0.15) is 5.26 Å². The van der Waals surface area contributed by atoms with Crippen LogP contribution < -0.4 is 15.2 Å². The maximum Gasteiger partial charge on any atom is 0.258 e. The van der Waals surface area contributed by atoms with Crippen LogP contribution in [-0.2, 0) is 4.79 Å². The number of nitrogens with two attached hydrogens (primary N) is 1. The van der Waals surface area contributed by atoms with E-state index in [9.17, 15) is 9.18 Å². The quantitative estimate of drug-likeness (QED) is 0.920. The maximum atomic E-state index is 13.7. The minimum Gasteiger partial charge on any atom is -0.481 e. The van der Waals surface area contributed by atoms with Crippen molar-refractivity contribution in [3.05, 3.63) is 53.8 Å². The van der Waals surface area contributed by atoms with E-state index in [2.05, 4.69) is 0 Å². The molecule has 6 heteroatoms. The first-order valence-corrected chi connectivity index (χ1v) is 6.43. The number of hydrogen-bond donors (Lipinski definition) is 1. The van der Waals surface area contributed by atoms with Gasteiger partial charge in [0, 0.05) is 0 Å². The Hall–Kier alpha value is -3.07. The van der Waals surface area contributed by atoms with E-state index in [4.69, 9.17) is 20.5 Å². The molecule has 0 radical (unpaired) electrons. The highest BCUT2D eigenvalue weighted by molar-refractivity contribution is 5.78. The highest BCUT2D eigenvalue weighted by Crippen LogP contribution is 2.26. The molecule has 1 atom stereocenters. The standard InChI is InChI=1S/C16H13FN2O3/c1-10(16(19)20)21-12-3-5-13(6-4-12)22-15-7-2-11(9-18)8-14(15)17/h2-8,10H,1H3,(H2,19,20). The van der Waals surface area contributed by atoms with Crippen LogP contribution in [0.3, 0.4) is 0 Å². The normalized spacial score (nSPS) is 11.3. The van der Waals surface area contributed by atoms with Gasteiger partial charge in [0.2, 0.25) is 0 Å². The zero-order valence-corrected chi connectivity index (χ0v) is 11.7. The lowest BCUT2D eigenvalue weighted by molar-refractivity contribution is -0.123. The highest BCUT2D eigenvalue weighted by Gasteiger charge is 2.10. The summed E-state index contributed by atoms with van der Waals surface area (Å²) in [5, 5.41) is 8.68. The fourth-order valence-corrected chi connectivity index (χ4v) is 1.63. The van der Waals surface area contributed by atoms with Gasteiger partial charge in [0.25, 0.3) is 5.91 Å². The second kappa shape index (κ2) is 6.59. The Balaban J connectivity index is 2.08. The second-order valence-electron chi connectivity index (χ2n) is 4.49. The van der Waals surface area contributed by atoms with Crippen molar-refractivity contribution in [2.45, 2.75) is 13.0 Å². The van der Waals surface area contributed by atoms with Gasteiger partial charge in [0.15, 0.2) is 17.7 Å². The summed E-state index contributed by atoms with van der Waals surface area (Å²) in [7, 11) is 0. The molecular weight excluding hydrogens is 287 g/mol. The molecule has 112 valence electrons. The monoisotopic (exact) mass is 300 g/mol. The maximum absolute atomic E-state index is 13.7. The molecule has 2 N–H and O–H groups in total. The fourth-order valence-electron chi connectivity index (χ4n) is 1.63. The molecule has 0 saturated carbocycles. The second-order valence-corrected chi connectivity index (χ2v) is 4.49. The molecule has 0 aliphatic heterocycles. The van der Waals surface area contributed by atoms with Crippen molar-refractivity contribution < 1.29 is 18.7 Å². The van der Waals surface area contributed by atoms with Crippen molar-refractivity contribution in [1.82, 2.24) is 0 Å². The number of nitrogens with zero attached hydrogens (tertiary/aromatic N) is 1. The molecule has 0 bridgehead atoms. The largest absolute Gasteiger partial charge is 0.481 e. The molecule has 0 aromatic heterocycles. The topological polar surface area (TPSA) is 85.3 Å². The molecule has 1 unspecified atom stereocenters. The van der Waals surface area contributed by atoms with Crippen LogP contribution in [0.4, 0.5) is 4.39 Å². The zero-order chi connectivity index (χ0) is 16.1. The highest BCUT2D eigenvalue weighted by atomic mass is 19.1. The number of nitriles is 1. The van der Waals surface area contributed by atoms with Gasteiger partial charge in [-0.05, 0) is 49.4 Å². The van der Waals surface area contributed by atoms with E-state index in [0.29, 0.717) is 11.5 Å². The Morgan fingerprint density at radius 3 is 2.41 bits per heavy atom. The molecular formula is C16H13FN2O3. The Morgan fingerprint density at radius 1 is 1.23 bits per heavy atom. The summed E-state index contributed by atoms with van der Waals surface area (Å²) in [5.41, 5.74) is 5.32. The lowest BCUT2D eigenvalue weighted by atomic mass is 10.2. The fraction of sp³-hybridized carbons (Fsp3) is 0.125. The predicted molar refractivity (Wildman–Crippen MR) is 76.9 cm³/mol. The van der Waals surface area contributed by atoms with Gasteiger partial charge >= 0.3 is 0 Å².